The van der Waals surface area contributed by atoms with Crippen LogP contribution in [0.25, 0.3) is 22.2 Å². The van der Waals surface area contributed by atoms with Crippen LogP contribution in [-0.4, -0.2) is 11.6 Å². The molecule has 2 aromatic carbocycles. The Morgan fingerprint density at radius 1 is 0.885 bits per heavy atom. The van der Waals surface area contributed by atoms with Crippen molar-refractivity contribution >= 4 is 10.9 Å². The van der Waals surface area contributed by atoms with E-state index in [2.05, 4.69) is 11.9 Å². The Morgan fingerprint density at radius 2 is 1.69 bits per heavy atom. The molecule has 3 rings (SSSR count). The number of fused-ring (bicyclic) bond motifs is 1. The summed E-state index contributed by atoms with van der Waals surface area (Å²) in [6.45, 7) is 2.93. The van der Waals surface area contributed by atoms with Gasteiger partial charge in [0, 0.05) is 17.0 Å². The zero-order chi connectivity index (χ0) is 18.2. The van der Waals surface area contributed by atoms with Gasteiger partial charge in [-0.2, -0.15) is 0 Å². The van der Waals surface area contributed by atoms with Gasteiger partial charge in [-0.05, 0) is 30.7 Å². The largest absolute Gasteiger partial charge is 0.493 e. The van der Waals surface area contributed by atoms with Crippen molar-refractivity contribution < 1.29 is 9.13 Å². The van der Waals surface area contributed by atoms with Gasteiger partial charge in [0.25, 0.3) is 0 Å². The number of halogens is 1. The second kappa shape index (κ2) is 9.33. The van der Waals surface area contributed by atoms with E-state index in [9.17, 15) is 4.39 Å². The molecule has 0 atom stereocenters. The SMILES string of the molecule is CCCCCCCCOc1cc(-c2cccc(F)c2)nc2ccccc12. The minimum atomic E-state index is -0.257. The number of para-hydroxylation sites is 1. The van der Waals surface area contributed by atoms with Gasteiger partial charge >= 0.3 is 0 Å². The highest BCUT2D eigenvalue weighted by atomic mass is 19.1. The molecule has 0 aliphatic heterocycles. The Bertz CT molecular complexity index is 846. The predicted molar refractivity (Wildman–Crippen MR) is 106 cm³/mol. The monoisotopic (exact) mass is 351 g/mol. The van der Waals surface area contributed by atoms with Crippen LogP contribution in [0.1, 0.15) is 45.4 Å². The number of hydrogen-bond donors (Lipinski definition) is 0. The fourth-order valence-corrected chi connectivity index (χ4v) is 3.12. The summed E-state index contributed by atoms with van der Waals surface area (Å²) in [7, 11) is 0. The standard InChI is InChI=1S/C23H26FNO/c1-2-3-4-5-6-9-15-26-23-17-22(18-11-10-12-19(24)16-18)25-21-14-8-7-13-20(21)23/h7-8,10-14,16-17H,2-6,9,15H2,1H3. The summed E-state index contributed by atoms with van der Waals surface area (Å²) >= 11 is 0. The van der Waals surface area contributed by atoms with E-state index in [0.29, 0.717) is 6.61 Å². The molecule has 0 saturated carbocycles. The first-order valence-electron chi connectivity index (χ1n) is 9.56. The lowest BCUT2D eigenvalue weighted by Crippen LogP contribution is -1.99. The molecule has 0 aliphatic rings. The third-order valence-corrected chi connectivity index (χ3v) is 4.55. The van der Waals surface area contributed by atoms with E-state index in [1.165, 1.54) is 44.2 Å². The topological polar surface area (TPSA) is 22.1 Å². The van der Waals surface area contributed by atoms with E-state index in [1.807, 2.05) is 36.4 Å². The third kappa shape index (κ3) is 4.81. The van der Waals surface area contributed by atoms with Crippen molar-refractivity contribution in [1.29, 1.82) is 0 Å². The van der Waals surface area contributed by atoms with Crippen molar-refractivity contribution in [2.75, 3.05) is 6.61 Å². The van der Waals surface area contributed by atoms with Crippen molar-refractivity contribution in [3.05, 3.63) is 60.4 Å². The van der Waals surface area contributed by atoms with E-state index >= 15 is 0 Å². The van der Waals surface area contributed by atoms with Crippen LogP contribution in [0.15, 0.2) is 54.6 Å². The highest BCUT2D eigenvalue weighted by molar-refractivity contribution is 5.87. The zero-order valence-electron chi connectivity index (χ0n) is 15.4. The summed E-state index contributed by atoms with van der Waals surface area (Å²) in [4.78, 5) is 4.68. The highest BCUT2D eigenvalue weighted by Gasteiger charge is 2.09. The molecule has 1 aromatic heterocycles. The van der Waals surface area contributed by atoms with E-state index in [-0.39, 0.29) is 5.82 Å². The molecular weight excluding hydrogens is 325 g/mol. The summed E-state index contributed by atoms with van der Waals surface area (Å²) < 4.78 is 19.7. The van der Waals surface area contributed by atoms with Crippen LogP contribution in [0.5, 0.6) is 5.75 Å². The Morgan fingerprint density at radius 3 is 2.54 bits per heavy atom. The number of nitrogens with zero attached hydrogens (tertiary/aromatic N) is 1. The first kappa shape index (κ1) is 18.4. The van der Waals surface area contributed by atoms with Crippen molar-refractivity contribution in [3.8, 4) is 17.0 Å². The second-order valence-electron chi connectivity index (χ2n) is 6.65. The lowest BCUT2D eigenvalue weighted by Gasteiger charge is -2.12. The Hall–Kier alpha value is -2.42. The van der Waals surface area contributed by atoms with Gasteiger partial charge in [-0.25, -0.2) is 9.37 Å². The van der Waals surface area contributed by atoms with E-state index in [1.54, 1.807) is 6.07 Å². The summed E-state index contributed by atoms with van der Waals surface area (Å²) in [5.41, 5.74) is 2.37. The van der Waals surface area contributed by atoms with Gasteiger partial charge < -0.3 is 4.74 Å². The number of hydrogen-bond acceptors (Lipinski definition) is 2. The average molecular weight is 351 g/mol. The lowest BCUT2D eigenvalue weighted by molar-refractivity contribution is 0.308. The van der Waals surface area contributed by atoms with Crippen LogP contribution in [0.4, 0.5) is 4.39 Å². The zero-order valence-corrected chi connectivity index (χ0v) is 15.4. The second-order valence-corrected chi connectivity index (χ2v) is 6.65. The molecule has 0 saturated heterocycles. The smallest absolute Gasteiger partial charge is 0.130 e. The molecule has 3 aromatic rings. The van der Waals surface area contributed by atoms with Gasteiger partial charge in [0.05, 0.1) is 17.8 Å². The number of ether oxygens (including phenoxy) is 1. The average Bonchev–Trinajstić information content (AvgIpc) is 2.67. The maximum Gasteiger partial charge on any atom is 0.130 e. The molecule has 0 aliphatic carbocycles. The summed E-state index contributed by atoms with van der Waals surface area (Å²) in [6, 6.07) is 16.4. The van der Waals surface area contributed by atoms with Gasteiger partial charge in [0.1, 0.15) is 11.6 Å². The number of aromatic nitrogens is 1. The minimum Gasteiger partial charge on any atom is -0.493 e. The van der Waals surface area contributed by atoms with Crippen molar-refractivity contribution in [2.45, 2.75) is 45.4 Å². The van der Waals surface area contributed by atoms with Gasteiger partial charge in [-0.1, -0.05) is 63.3 Å². The minimum absolute atomic E-state index is 0.257. The Kier molecular flexibility index (Phi) is 6.59. The number of pyridine rings is 1. The van der Waals surface area contributed by atoms with E-state index in [0.717, 1.165) is 34.3 Å². The molecule has 0 spiro atoms. The van der Waals surface area contributed by atoms with E-state index < -0.39 is 0 Å². The van der Waals surface area contributed by atoms with Crippen LogP contribution in [0.2, 0.25) is 0 Å². The first-order chi connectivity index (χ1) is 12.8. The fraction of sp³-hybridized carbons (Fsp3) is 0.348. The summed E-state index contributed by atoms with van der Waals surface area (Å²) in [5, 5.41) is 0.999. The molecule has 26 heavy (non-hydrogen) atoms. The first-order valence-corrected chi connectivity index (χ1v) is 9.56. The van der Waals surface area contributed by atoms with Crippen molar-refractivity contribution in [2.24, 2.45) is 0 Å². The molecular formula is C23H26FNO. The maximum atomic E-state index is 13.6. The molecule has 0 N–H and O–H groups in total. The van der Waals surface area contributed by atoms with Gasteiger partial charge in [-0.15, -0.1) is 0 Å². The highest BCUT2D eigenvalue weighted by Crippen LogP contribution is 2.30. The summed E-state index contributed by atoms with van der Waals surface area (Å²) in [5.74, 6) is 0.565. The number of benzene rings is 2. The fourth-order valence-electron chi connectivity index (χ4n) is 3.12. The molecule has 0 fully saturated rings. The lowest BCUT2D eigenvalue weighted by atomic mass is 10.1. The van der Waals surface area contributed by atoms with Gasteiger partial charge in [-0.3, -0.25) is 0 Å². The Labute approximate surface area is 155 Å². The molecule has 0 bridgehead atoms. The number of unbranched alkanes of at least 4 members (excludes halogenated alkanes) is 5. The Balaban J connectivity index is 1.75. The van der Waals surface area contributed by atoms with Crippen molar-refractivity contribution in [3.63, 3.8) is 0 Å². The van der Waals surface area contributed by atoms with Crippen LogP contribution >= 0.6 is 0 Å². The van der Waals surface area contributed by atoms with Crippen LogP contribution in [-0.2, 0) is 0 Å². The van der Waals surface area contributed by atoms with Crippen LogP contribution < -0.4 is 4.74 Å². The van der Waals surface area contributed by atoms with Crippen molar-refractivity contribution in [1.82, 2.24) is 4.98 Å². The maximum absolute atomic E-state index is 13.6. The molecule has 1 heterocycles. The molecule has 136 valence electrons. The number of rotatable bonds is 9. The quantitative estimate of drug-likeness (QED) is 0.396. The van der Waals surface area contributed by atoms with Gasteiger partial charge in [0.15, 0.2) is 0 Å². The van der Waals surface area contributed by atoms with E-state index in [4.69, 9.17) is 4.74 Å². The molecule has 0 radical (unpaired) electrons. The molecule has 3 heteroatoms. The third-order valence-electron chi connectivity index (χ3n) is 4.55. The predicted octanol–water partition coefficient (Wildman–Crippen LogP) is 6.78. The van der Waals surface area contributed by atoms with Crippen LogP contribution in [0.3, 0.4) is 0 Å². The molecule has 0 amide bonds. The normalized spacial score (nSPS) is 11.0. The van der Waals surface area contributed by atoms with Gasteiger partial charge in [0.2, 0.25) is 0 Å². The van der Waals surface area contributed by atoms with Crippen LogP contribution in [0, 0.1) is 5.82 Å². The summed E-state index contributed by atoms with van der Waals surface area (Å²) in [6.07, 6.45) is 7.39. The molecule has 0 unspecified atom stereocenters. The molecule has 2 nitrogen and oxygen atoms in total.